The van der Waals surface area contributed by atoms with E-state index in [-0.39, 0.29) is 24.1 Å². The first kappa shape index (κ1) is 20.5. The van der Waals surface area contributed by atoms with Gasteiger partial charge in [-0.3, -0.25) is 14.2 Å². The highest BCUT2D eigenvalue weighted by atomic mass is 35.5. The quantitative estimate of drug-likeness (QED) is 0.642. The van der Waals surface area contributed by atoms with Crippen LogP contribution in [-0.2, 0) is 17.9 Å². The van der Waals surface area contributed by atoms with E-state index in [4.69, 9.17) is 11.6 Å². The summed E-state index contributed by atoms with van der Waals surface area (Å²) in [6.45, 7) is 1.48. The molecule has 0 atom stereocenters. The highest BCUT2D eigenvalue weighted by Gasteiger charge is 2.12. The average molecular weight is 419 g/mol. The number of anilines is 2. The first-order valence-electron chi connectivity index (χ1n) is 8.63. The van der Waals surface area contributed by atoms with Crippen molar-refractivity contribution in [2.45, 2.75) is 20.0 Å². The molecule has 9 heteroatoms. The Bertz CT molecular complexity index is 1100. The number of nitrogens with one attached hydrogen (secondary N) is 2. The van der Waals surface area contributed by atoms with Crippen molar-refractivity contribution < 1.29 is 13.6 Å². The van der Waals surface area contributed by atoms with Crippen LogP contribution in [0.1, 0.15) is 11.3 Å². The summed E-state index contributed by atoms with van der Waals surface area (Å²) in [7, 11) is 0. The minimum atomic E-state index is -0.546. The van der Waals surface area contributed by atoms with Crippen LogP contribution in [0.2, 0.25) is 5.02 Å². The summed E-state index contributed by atoms with van der Waals surface area (Å²) >= 11 is 5.73. The van der Waals surface area contributed by atoms with Crippen molar-refractivity contribution in [2.24, 2.45) is 0 Å². The van der Waals surface area contributed by atoms with Crippen molar-refractivity contribution in [1.29, 1.82) is 0 Å². The molecule has 6 nitrogen and oxygen atoms in total. The molecule has 0 saturated carbocycles. The molecule has 1 amide bonds. The van der Waals surface area contributed by atoms with Crippen LogP contribution < -0.4 is 16.2 Å². The van der Waals surface area contributed by atoms with Crippen molar-refractivity contribution in [3.8, 4) is 0 Å². The van der Waals surface area contributed by atoms with Gasteiger partial charge < -0.3 is 10.6 Å². The smallest absolute Gasteiger partial charge is 0.255 e. The highest BCUT2D eigenvalue weighted by molar-refractivity contribution is 6.30. The van der Waals surface area contributed by atoms with Crippen molar-refractivity contribution in [3.05, 3.63) is 86.8 Å². The van der Waals surface area contributed by atoms with Crippen LogP contribution in [-0.4, -0.2) is 15.5 Å². The van der Waals surface area contributed by atoms with E-state index in [0.717, 1.165) is 0 Å². The monoisotopic (exact) mass is 418 g/mol. The number of hydrogen-bond donors (Lipinski definition) is 2. The molecule has 2 aromatic carbocycles. The zero-order chi connectivity index (χ0) is 21.0. The number of hydrogen-bond acceptors (Lipinski definition) is 4. The predicted molar refractivity (Wildman–Crippen MR) is 106 cm³/mol. The fraction of sp³-hybridized carbons (Fsp3) is 0.150. The fourth-order valence-corrected chi connectivity index (χ4v) is 2.78. The van der Waals surface area contributed by atoms with Gasteiger partial charge in [0.15, 0.2) is 0 Å². The van der Waals surface area contributed by atoms with Crippen LogP contribution in [0, 0.1) is 18.6 Å². The Morgan fingerprint density at radius 2 is 1.86 bits per heavy atom. The summed E-state index contributed by atoms with van der Waals surface area (Å²) in [5, 5.41) is 5.53. The topological polar surface area (TPSA) is 76.0 Å². The Morgan fingerprint density at radius 1 is 1.14 bits per heavy atom. The first-order valence-corrected chi connectivity index (χ1v) is 9.01. The zero-order valence-electron chi connectivity index (χ0n) is 15.4. The molecular weight excluding hydrogens is 402 g/mol. The van der Waals surface area contributed by atoms with Gasteiger partial charge in [0.25, 0.3) is 5.56 Å². The second kappa shape index (κ2) is 8.83. The van der Waals surface area contributed by atoms with E-state index >= 15 is 0 Å². The van der Waals surface area contributed by atoms with Gasteiger partial charge in [-0.05, 0) is 48.9 Å². The van der Waals surface area contributed by atoms with E-state index in [1.54, 1.807) is 6.92 Å². The molecule has 150 valence electrons. The Morgan fingerprint density at radius 3 is 2.55 bits per heavy atom. The van der Waals surface area contributed by atoms with Crippen molar-refractivity contribution in [2.75, 3.05) is 5.32 Å². The van der Waals surface area contributed by atoms with E-state index in [2.05, 4.69) is 15.6 Å². The van der Waals surface area contributed by atoms with E-state index in [1.165, 1.54) is 53.1 Å². The van der Waals surface area contributed by atoms with Crippen molar-refractivity contribution >= 4 is 29.1 Å². The molecule has 0 fully saturated rings. The minimum absolute atomic E-state index is 0.0403. The number of nitrogens with zero attached hydrogens (tertiary/aromatic N) is 2. The molecule has 0 unspecified atom stereocenters. The number of benzene rings is 2. The first-order chi connectivity index (χ1) is 13.8. The molecule has 3 aromatic rings. The fourth-order valence-electron chi connectivity index (χ4n) is 2.58. The standard InChI is InChI=1S/C20H17ClF2N4O2/c1-12-8-19(29)27(20(25-12)26-15-5-3-14(22)4-6-15)11-18(28)24-10-13-2-7-17(23)16(21)9-13/h2-9H,10-11H2,1H3,(H,24,28)(H,25,26). The van der Waals surface area contributed by atoms with Gasteiger partial charge in [0, 0.05) is 24.0 Å². The molecule has 29 heavy (non-hydrogen) atoms. The van der Waals surface area contributed by atoms with Gasteiger partial charge in [-0.15, -0.1) is 0 Å². The lowest BCUT2D eigenvalue weighted by molar-refractivity contribution is -0.121. The molecule has 3 rings (SSSR count). The molecule has 1 heterocycles. The predicted octanol–water partition coefficient (Wildman–Crippen LogP) is 3.54. The number of carbonyl (C=O) groups excluding carboxylic acids is 1. The number of aromatic nitrogens is 2. The highest BCUT2D eigenvalue weighted by Crippen LogP contribution is 2.16. The Kier molecular flexibility index (Phi) is 6.23. The summed E-state index contributed by atoms with van der Waals surface area (Å²) in [6.07, 6.45) is 0. The summed E-state index contributed by atoms with van der Waals surface area (Å²) < 4.78 is 27.5. The molecule has 2 N–H and O–H groups in total. The Labute approximate surface area is 170 Å². The lowest BCUT2D eigenvalue weighted by Gasteiger charge is -2.14. The van der Waals surface area contributed by atoms with Crippen LogP contribution in [0.5, 0.6) is 0 Å². The maximum atomic E-state index is 13.2. The van der Waals surface area contributed by atoms with Crippen LogP contribution in [0.3, 0.4) is 0 Å². The van der Waals surface area contributed by atoms with Crippen LogP contribution in [0.25, 0.3) is 0 Å². The van der Waals surface area contributed by atoms with Crippen molar-refractivity contribution in [1.82, 2.24) is 14.9 Å². The van der Waals surface area contributed by atoms with Crippen molar-refractivity contribution in [3.63, 3.8) is 0 Å². The summed E-state index contributed by atoms with van der Waals surface area (Å²) in [4.78, 5) is 29.0. The molecule has 0 radical (unpaired) electrons. The third-order valence-corrected chi connectivity index (χ3v) is 4.30. The number of carbonyl (C=O) groups is 1. The van der Waals surface area contributed by atoms with Gasteiger partial charge in [-0.2, -0.15) is 0 Å². The Hall–Kier alpha value is -3.26. The van der Waals surface area contributed by atoms with Gasteiger partial charge in [-0.25, -0.2) is 13.8 Å². The summed E-state index contributed by atoms with van der Waals surface area (Å²) in [6, 6.07) is 11.0. The number of amides is 1. The molecule has 1 aromatic heterocycles. The minimum Gasteiger partial charge on any atom is -0.350 e. The van der Waals surface area contributed by atoms with E-state index in [0.29, 0.717) is 16.9 Å². The zero-order valence-corrected chi connectivity index (χ0v) is 16.1. The lowest BCUT2D eigenvalue weighted by atomic mass is 10.2. The SMILES string of the molecule is Cc1cc(=O)n(CC(=O)NCc2ccc(F)c(Cl)c2)c(Nc2ccc(F)cc2)n1. The van der Waals surface area contributed by atoms with Crippen LogP contribution >= 0.6 is 11.6 Å². The van der Waals surface area contributed by atoms with Gasteiger partial charge in [0.1, 0.15) is 18.2 Å². The normalized spacial score (nSPS) is 10.6. The summed E-state index contributed by atoms with van der Waals surface area (Å²) in [5.74, 6) is -1.23. The number of rotatable bonds is 6. The number of aryl methyl sites for hydroxylation is 1. The molecule has 0 aliphatic rings. The molecule has 0 saturated heterocycles. The van der Waals surface area contributed by atoms with Crippen LogP contribution in [0.15, 0.2) is 53.3 Å². The maximum absolute atomic E-state index is 13.2. The molecular formula is C20H17ClF2N4O2. The molecule has 0 bridgehead atoms. The average Bonchev–Trinajstić information content (AvgIpc) is 2.67. The third-order valence-electron chi connectivity index (χ3n) is 4.01. The maximum Gasteiger partial charge on any atom is 0.255 e. The van der Waals surface area contributed by atoms with Gasteiger partial charge in [0.05, 0.1) is 5.02 Å². The van der Waals surface area contributed by atoms with Crippen LogP contribution in [0.4, 0.5) is 20.4 Å². The molecule has 0 spiro atoms. The second-order valence-electron chi connectivity index (χ2n) is 6.30. The summed E-state index contributed by atoms with van der Waals surface area (Å²) in [5.41, 5.74) is 1.18. The third kappa shape index (κ3) is 5.39. The van der Waals surface area contributed by atoms with E-state index in [9.17, 15) is 18.4 Å². The van der Waals surface area contributed by atoms with Gasteiger partial charge in [0.2, 0.25) is 11.9 Å². The molecule has 0 aliphatic carbocycles. The lowest BCUT2D eigenvalue weighted by Crippen LogP contribution is -2.33. The van der Waals surface area contributed by atoms with E-state index < -0.39 is 23.1 Å². The van der Waals surface area contributed by atoms with Gasteiger partial charge in [-0.1, -0.05) is 17.7 Å². The van der Waals surface area contributed by atoms with E-state index in [1.807, 2.05) is 0 Å². The molecule has 0 aliphatic heterocycles. The second-order valence-corrected chi connectivity index (χ2v) is 6.71. The van der Waals surface area contributed by atoms with Gasteiger partial charge >= 0.3 is 0 Å². The number of halogens is 3. The Balaban J connectivity index is 1.75. The largest absolute Gasteiger partial charge is 0.350 e.